The van der Waals surface area contributed by atoms with Crippen LogP contribution in [0.5, 0.6) is 11.5 Å². The Morgan fingerprint density at radius 3 is 3.04 bits per heavy atom. The Hall–Kier alpha value is -2.54. The van der Waals surface area contributed by atoms with Crippen LogP contribution >= 0.6 is 0 Å². The summed E-state index contributed by atoms with van der Waals surface area (Å²) in [4.78, 5) is 11.9. The van der Waals surface area contributed by atoms with Crippen LogP contribution in [0, 0.1) is 0 Å². The van der Waals surface area contributed by atoms with E-state index < -0.39 is 0 Å². The predicted molar refractivity (Wildman–Crippen MR) is 87.1 cm³/mol. The van der Waals surface area contributed by atoms with Gasteiger partial charge in [-0.2, -0.15) is 5.10 Å². The number of carbonyl (C=O) groups excluding carboxylic acids is 1. The van der Waals surface area contributed by atoms with Crippen molar-refractivity contribution in [1.29, 1.82) is 0 Å². The second-order valence-corrected chi connectivity index (χ2v) is 5.43. The number of benzene rings is 1. The van der Waals surface area contributed by atoms with Crippen LogP contribution in [0.1, 0.15) is 11.3 Å². The molecule has 24 heavy (non-hydrogen) atoms. The maximum atomic E-state index is 11.9. The molecule has 0 spiro atoms. The molecule has 1 N–H and O–H groups in total. The molecule has 0 fully saturated rings. The fourth-order valence-corrected chi connectivity index (χ4v) is 2.64. The van der Waals surface area contributed by atoms with Gasteiger partial charge in [-0.15, -0.1) is 0 Å². The number of aromatic nitrogens is 2. The van der Waals surface area contributed by atoms with E-state index in [1.54, 1.807) is 19.2 Å². The highest BCUT2D eigenvalue weighted by atomic mass is 16.5. The summed E-state index contributed by atoms with van der Waals surface area (Å²) in [5, 5.41) is 7.19. The minimum absolute atomic E-state index is 0.0502. The van der Waals surface area contributed by atoms with Crippen LogP contribution in [-0.4, -0.2) is 42.6 Å². The number of nitrogens with one attached hydrogen (secondary N) is 1. The van der Waals surface area contributed by atoms with Crippen LogP contribution in [0.15, 0.2) is 30.5 Å². The van der Waals surface area contributed by atoms with E-state index in [1.807, 2.05) is 23.0 Å². The normalized spacial score (nSPS) is 13.2. The summed E-state index contributed by atoms with van der Waals surface area (Å²) in [6.07, 6.45) is 2.70. The standard InChI is InChI=1S/C17H21N3O4/c1-22-15-4-2-3-5-16(15)24-12-17(21)18-7-8-20-14-6-9-23-11-13(14)10-19-20/h2-5,10H,6-9,11-12H2,1H3,(H,18,21). The molecule has 128 valence electrons. The highest BCUT2D eigenvalue weighted by Crippen LogP contribution is 2.25. The van der Waals surface area contributed by atoms with E-state index in [2.05, 4.69) is 10.4 Å². The molecular formula is C17H21N3O4. The third kappa shape index (κ3) is 3.86. The fourth-order valence-electron chi connectivity index (χ4n) is 2.64. The minimum atomic E-state index is -0.176. The molecule has 1 aromatic heterocycles. The van der Waals surface area contributed by atoms with Crippen molar-refractivity contribution in [2.45, 2.75) is 19.6 Å². The van der Waals surface area contributed by atoms with Gasteiger partial charge < -0.3 is 19.5 Å². The van der Waals surface area contributed by atoms with Crippen molar-refractivity contribution in [3.05, 3.63) is 41.7 Å². The fraction of sp³-hybridized carbons (Fsp3) is 0.412. The Morgan fingerprint density at radius 1 is 1.38 bits per heavy atom. The molecule has 2 aromatic rings. The molecule has 1 aliphatic rings. The monoisotopic (exact) mass is 331 g/mol. The van der Waals surface area contributed by atoms with Gasteiger partial charge in [0, 0.05) is 24.2 Å². The van der Waals surface area contributed by atoms with Crippen LogP contribution in [0.3, 0.4) is 0 Å². The van der Waals surface area contributed by atoms with Crippen molar-refractivity contribution in [2.75, 3.05) is 26.9 Å². The van der Waals surface area contributed by atoms with Gasteiger partial charge in [-0.05, 0) is 12.1 Å². The second kappa shape index (κ2) is 7.83. The summed E-state index contributed by atoms with van der Waals surface area (Å²) in [6, 6.07) is 7.24. The lowest BCUT2D eigenvalue weighted by atomic mass is 10.2. The van der Waals surface area contributed by atoms with Crippen LogP contribution in [0.4, 0.5) is 0 Å². The topological polar surface area (TPSA) is 74.6 Å². The van der Waals surface area contributed by atoms with Gasteiger partial charge in [-0.25, -0.2) is 0 Å². The first-order valence-electron chi connectivity index (χ1n) is 7.91. The molecule has 2 heterocycles. The van der Waals surface area contributed by atoms with Gasteiger partial charge >= 0.3 is 0 Å². The van der Waals surface area contributed by atoms with Crippen molar-refractivity contribution in [3.63, 3.8) is 0 Å². The molecule has 0 bridgehead atoms. The number of hydrogen-bond acceptors (Lipinski definition) is 5. The predicted octanol–water partition coefficient (Wildman–Crippen LogP) is 1.16. The number of carbonyl (C=O) groups is 1. The quantitative estimate of drug-likeness (QED) is 0.824. The van der Waals surface area contributed by atoms with Crippen LogP contribution < -0.4 is 14.8 Å². The highest BCUT2D eigenvalue weighted by Gasteiger charge is 2.15. The number of fused-ring (bicyclic) bond motifs is 1. The van der Waals surface area contributed by atoms with Crippen LogP contribution in [-0.2, 0) is 29.1 Å². The number of hydrogen-bond donors (Lipinski definition) is 1. The van der Waals surface area contributed by atoms with Crippen molar-refractivity contribution in [3.8, 4) is 11.5 Å². The Kier molecular flexibility index (Phi) is 5.32. The maximum absolute atomic E-state index is 11.9. The van der Waals surface area contributed by atoms with Gasteiger partial charge in [-0.1, -0.05) is 12.1 Å². The Morgan fingerprint density at radius 2 is 2.21 bits per heavy atom. The summed E-state index contributed by atoms with van der Waals surface area (Å²) >= 11 is 0. The molecule has 7 heteroatoms. The van der Waals surface area contributed by atoms with Crippen molar-refractivity contribution < 1.29 is 19.0 Å². The third-order valence-electron chi connectivity index (χ3n) is 3.85. The van der Waals surface area contributed by atoms with Gasteiger partial charge in [-0.3, -0.25) is 9.48 Å². The Labute approximate surface area is 140 Å². The lowest BCUT2D eigenvalue weighted by Gasteiger charge is -2.15. The van der Waals surface area contributed by atoms with E-state index in [0.717, 1.165) is 18.6 Å². The Bertz CT molecular complexity index is 699. The average Bonchev–Trinajstić information content (AvgIpc) is 3.03. The molecule has 0 unspecified atom stereocenters. The first-order chi connectivity index (χ1) is 11.8. The number of para-hydroxylation sites is 2. The van der Waals surface area contributed by atoms with Crippen molar-refractivity contribution in [2.24, 2.45) is 0 Å². The number of nitrogens with zero attached hydrogens (tertiary/aromatic N) is 2. The van der Waals surface area contributed by atoms with Gasteiger partial charge in [0.05, 0.1) is 33.1 Å². The van der Waals surface area contributed by atoms with Crippen molar-refractivity contribution >= 4 is 5.91 Å². The minimum Gasteiger partial charge on any atom is -0.493 e. The highest BCUT2D eigenvalue weighted by molar-refractivity contribution is 5.77. The molecule has 7 nitrogen and oxygen atoms in total. The van der Waals surface area contributed by atoms with Crippen LogP contribution in [0.2, 0.25) is 0 Å². The largest absolute Gasteiger partial charge is 0.493 e. The third-order valence-corrected chi connectivity index (χ3v) is 3.85. The summed E-state index contributed by atoms with van der Waals surface area (Å²) in [5.74, 6) is 0.984. The molecule has 1 aromatic carbocycles. The molecule has 0 saturated heterocycles. The molecule has 0 radical (unpaired) electrons. The van der Waals surface area contributed by atoms with Gasteiger partial charge in [0.25, 0.3) is 5.91 Å². The zero-order valence-corrected chi connectivity index (χ0v) is 13.7. The van der Waals surface area contributed by atoms with Gasteiger partial charge in [0.2, 0.25) is 0 Å². The molecule has 1 amide bonds. The molecule has 0 saturated carbocycles. The molecular weight excluding hydrogens is 310 g/mol. The zero-order valence-electron chi connectivity index (χ0n) is 13.7. The van der Waals surface area contributed by atoms with Crippen molar-refractivity contribution in [1.82, 2.24) is 15.1 Å². The van der Waals surface area contributed by atoms with E-state index in [9.17, 15) is 4.79 Å². The number of ether oxygens (including phenoxy) is 3. The van der Waals surface area contributed by atoms with E-state index in [1.165, 1.54) is 5.69 Å². The summed E-state index contributed by atoms with van der Waals surface area (Å²) < 4.78 is 18.0. The van der Waals surface area contributed by atoms with E-state index in [0.29, 0.717) is 31.2 Å². The van der Waals surface area contributed by atoms with E-state index >= 15 is 0 Å². The summed E-state index contributed by atoms with van der Waals surface area (Å²) in [7, 11) is 1.57. The summed E-state index contributed by atoms with van der Waals surface area (Å²) in [5.41, 5.74) is 2.33. The lowest BCUT2D eigenvalue weighted by Crippen LogP contribution is -2.32. The average molecular weight is 331 g/mol. The van der Waals surface area contributed by atoms with Gasteiger partial charge in [0.1, 0.15) is 0 Å². The number of rotatable bonds is 7. The molecule has 0 atom stereocenters. The maximum Gasteiger partial charge on any atom is 0.258 e. The van der Waals surface area contributed by atoms with Crippen LogP contribution in [0.25, 0.3) is 0 Å². The van der Waals surface area contributed by atoms with Gasteiger partial charge in [0.15, 0.2) is 18.1 Å². The SMILES string of the molecule is COc1ccccc1OCC(=O)NCCn1ncc2c1CCOC2. The molecule has 3 rings (SSSR count). The smallest absolute Gasteiger partial charge is 0.258 e. The summed E-state index contributed by atoms with van der Waals surface area (Å²) in [6.45, 7) is 2.43. The van der Waals surface area contributed by atoms with E-state index in [4.69, 9.17) is 14.2 Å². The Balaban J connectivity index is 1.44. The van der Waals surface area contributed by atoms with E-state index in [-0.39, 0.29) is 12.5 Å². The molecule has 0 aliphatic carbocycles. The first-order valence-corrected chi connectivity index (χ1v) is 7.91. The first kappa shape index (κ1) is 16.3. The lowest BCUT2D eigenvalue weighted by molar-refractivity contribution is -0.123. The number of amides is 1. The molecule has 1 aliphatic heterocycles. The second-order valence-electron chi connectivity index (χ2n) is 5.43. The number of methoxy groups -OCH3 is 1. The zero-order chi connectivity index (χ0) is 16.8.